The van der Waals surface area contributed by atoms with Crippen LogP contribution in [0.25, 0.3) is 0 Å². The Hall–Kier alpha value is -1.02. The van der Waals surface area contributed by atoms with Gasteiger partial charge in [-0.3, -0.25) is 4.90 Å². The van der Waals surface area contributed by atoms with Gasteiger partial charge in [-0.25, -0.2) is 17.5 Å². The summed E-state index contributed by atoms with van der Waals surface area (Å²) in [6, 6.07) is 3.93. The van der Waals surface area contributed by atoms with Crippen molar-refractivity contribution in [3.8, 4) is 0 Å². The maximum Gasteiger partial charge on any atom is 0.240 e. The highest BCUT2D eigenvalue weighted by atomic mass is 32.2. The molecule has 1 fully saturated rings. The van der Waals surface area contributed by atoms with Gasteiger partial charge in [0, 0.05) is 12.6 Å². The Kier molecular flexibility index (Phi) is 6.52. The van der Waals surface area contributed by atoms with Crippen molar-refractivity contribution < 1.29 is 17.9 Å². The first-order chi connectivity index (χ1) is 10.9. The number of aliphatic hydroxyl groups excluding tert-OH is 1. The second kappa shape index (κ2) is 8.19. The quantitative estimate of drug-likeness (QED) is 0.704. The number of aliphatic hydroxyl groups is 1. The van der Waals surface area contributed by atoms with Crippen molar-refractivity contribution in [3.05, 3.63) is 29.6 Å². The molecule has 5 nitrogen and oxygen atoms in total. The molecule has 1 saturated heterocycles. The second-order valence-corrected chi connectivity index (χ2v) is 7.76. The number of hydrogen-bond donors (Lipinski definition) is 2. The van der Waals surface area contributed by atoms with Crippen LogP contribution in [0, 0.1) is 12.7 Å². The average molecular weight is 344 g/mol. The zero-order valence-corrected chi connectivity index (χ0v) is 14.3. The molecule has 130 valence electrons. The molecule has 2 rings (SSSR count). The van der Waals surface area contributed by atoms with E-state index < -0.39 is 15.8 Å². The monoisotopic (exact) mass is 344 g/mol. The first-order valence-corrected chi connectivity index (χ1v) is 9.53. The number of unbranched alkanes of at least 4 members (excludes halogenated alkanes) is 1. The van der Waals surface area contributed by atoms with Crippen molar-refractivity contribution in [1.29, 1.82) is 0 Å². The highest BCUT2D eigenvalue weighted by Gasteiger charge is 2.22. The third-order valence-corrected chi connectivity index (χ3v) is 5.92. The van der Waals surface area contributed by atoms with E-state index in [1.807, 2.05) is 0 Å². The lowest BCUT2D eigenvalue weighted by Crippen LogP contribution is -2.33. The predicted molar refractivity (Wildman–Crippen MR) is 87.2 cm³/mol. The second-order valence-electron chi connectivity index (χ2n) is 6.03. The molecule has 1 aromatic carbocycles. The minimum absolute atomic E-state index is 0.124. The SMILES string of the molecule is Cc1cc(F)ccc1S(=O)(=O)NCCCCN1CCCC1CO. The molecule has 1 atom stereocenters. The molecular formula is C16H25FN2O3S. The average Bonchev–Trinajstić information content (AvgIpc) is 2.93. The molecule has 1 aromatic rings. The Balaban J connectivity index is 1.77. The summed E-state index contributed by atoms with van der Waals surface area (Å²) in [4.78, 5) is 2.39. The summed E-state index contributed by atoms with van der Waals surface area (Å²) in [5, 5.41) is 9.26. The highest BCUT2D eigenvalue weighted by Crippen LogP contribution is 2.18. The fraction of sp³-hybridized carbons (Fsp3) is 0.625. The number of sulfonamides is 1. The van der Waals surface area contributed by atoms with Gasteiger partial charge in [-0.1, -0.05) is 0 Å². The number of likely N-dealkylation sites (tertiary alicyclic amines) is 1. The zero-order chi connectivity index (χ0) is 16.9. The number of halogens is 1. The molecule has 1 aliphatic rings. The fourth-order valence-corrected chi connectivity index (χ4v) is 4.33. The Bertz CT molecular complexity index is 622. The molecule has 0 bridgehead atoms. The van der Waals surface area contributed by atoms with E-state index in [4.69, 9.17) is 0 Å². The number of nitrogens with zero attached hydrogens (tertiary/aromatic N) is 1. The van der Waals surface area contributed by atoms with Gasteiger partial charge in [0.2, 0.25) is 10.0 Å². The van der Waals surface area contributed by atoms with Gasteiger partial charge in [0.15, 0.2) is 0 Å². The van der Waals surface area contributed by atoms with Crippen LogP contribution in [-0.2, 0) is 10.0 Å². The summed E-state index contributed by atoms with van der Waals surface area (Å²) >= 11 is 0. The van der Waals surface area contributed by atoms with Gasteiger partial charge in [0.1, 0.15) is 5.82 Å². The molecule has 7 heteroatoms. The Morgan fingerprint density at radius 1 is 1.39 bits per heavy atom. The molecule has 1 unspecified atom stereocenters. The predicted octanol–water partition coefficient (Wildman–Crippen LogP) is 1.65. The molecule has 1 aliphatic heterocycles. The maximum absolute atomic E-state index is 13.1. The molecule has 2 N–H and O–H groups in total. The van der Waals surface area contributed by atoms with Crippen molar-refractivity contribution in [2.24, 2.45) is 0 Å². The van der Waals surface area contributed by atoms with Crippen LogP contribution in [0.5, 0.6) is 0 Å². The summed E-state index contributed by atoms with van der Waals surface area (Å²) in [6.45, 7) is 4.02. The van der Waals surface area contributed by atoms with E-state index in [-0.39, 0.29) is 17.5 Å². The molecule has 1 heterocycles. The summed E-state index contributed by atoms with van der Waals surface area (Å²) in [5.41, 5.74) is 0.403. The van der Waals surface area contributed by atoms with Gasteiger partial charge < -0.3 is 5.11 Å². The van der Waals surface area contributed by atoms with Crippen LogP contribution in [0.1, 0.15) is 31.2 Å². The van der Waals surface area contributed by atoms with Crippen molar-refractivity contribution in [3.63, 3.8) is 0 Å². The van der Waals surface area contributed by atoms with E-state index in [9.17, 15) is 17.9 Å². The number of nitrogens with one attached hydrogen (secondary N) is 1. The van der Waals surface area contributed by atoms with Crippen molar-refractivity contribution in [2.45, 2.75) is 43.5 Å². The molecular weight excluding hydrogens is 319 g/mol. The molecule has 0 aliphatic carbocycles. The fourth-order valence-electron chi connectivity index (χ4n) is 3.03. The number of hydrogen-bond acceptors (Lipinski definition) is 4. The van der Waals surface area contributed by atoms with Gasteiger partial charge in [0.05, 0.1) is 11.5 Å². The normalized spacial score (nSPS) is 19.3. The molecule has 0 spiro atoms. The largest absolute Gasteiger partial charge is 0.395 e. The molecule has 0 radical (unpaired) electrons. The minimum Gasteiger partial charge on any atom is -0.395 e. The van der Waals surface area contributed by atoms with Crippen molar-refractivity contribution >= 4 is 10.0 Å². The first kappa shape index (κ1) is 18.3. The van der Waals surface area contributed by atoms with E-state index in [2.05, 4.69) is 9.62 Å². The smallest absolute Gasteiger partial charge is 0.240 e. The maximum atomic E-state index is 13.1. The Morgan fingerprint density at radius 3 is 2.87 bits per heavy atom. The summed E-state index contributed by atoms with van der Waals surface area (Å²) in [5.74, 6) is -0.439. The lowest BCUT2D eigenvalue weighted by atomic mass is 10.2. The van der Waals surface area contributed by atoms with Crippen molar-refractivity contribution in [2.75, 3.05) is 26.2 Å². The van der Waals surface area contributed by atoms with Crippen LogP contribution in [0.15, 0.2) is 23.1 Å². The minimum atomic E-state index is -3.59. The van der Waals surface area contributed by atoms with Crippen LogP contribution in [-0.4, -0.2) is 50.7 Å². The van der Waals surface area contributed by atoms with Gasteiger partial charge in [-0.15, -0.1) is 0 Å². The molecule has 0 saturated carbocycles. The zero-order valence-electron chi connectivity index (χ0n) is 13.5. The Labute approximate surface area is 137 Å². The topological polar surface area (TPSA) is 69.6 Å². The molecule has 23 heavy (non-hydrogen) atoms. The third kappa shape index (κ3) is 4.97. The van der Waals surface area contributed by atoms with Crippen LogP contribution in [0.3, 0.4) is 0 Å². The summed E-state index contributed by atoms with van der Waals surface area (Å²) < 4.78 is 40.0. The van der Waals surface area contributed by atoms with E-state index in [0.29, 0.717) is 12.1 Å². The van der Waals surface area contributed by atoms with Gasteiger partial charge >= 0.3 is 0 Å². The third-order valence-electron chi connectivity index (χ3n) is 4.30. The lowest BCUT2D eigenvalue weighted by molar-refractivity contribution is 0.157. The van der Waals surface area contributed by atoms with E-state index in [1.165, 1.54) is 12.1 Å². The summed E-state index contributed by atoms with van der Waals surface area (Å²) in [7, 11) is -3.59. The number of rotatable bonds is 8. The van der Waals surface area contributed by atoms with Crippen LogP contribution < -0.4 is 4.72 Å². The van der Waals surface area contributed by atoms with E-state index >= 15 is 0 Å². The molecule has 0 amide bonds. The standard InChI is InChI=1S/C16H25FN2O3S/c1-13-11-14(17)6-7-16(13)23(21,22)18-8-2-3-9-19-10-4-5-15(19)12-20/h6-7,11,15,18,20H,2-5,8-10,12H2,1H3. The molecule has 0 aromatic heterocycles. The van der Waals surface area contributed by atoms with Crippen molar-refractivity contribution in [1.82, 2.24) is 9.62 Å². The first-order valence-electron chi connectivity index (χ1n) is 8.05. The lowest BCUT2D eigenvalue weighted by Gasteiger charge is -2.22. The van der Waals surface area contributed by atoms with E-state index in [0.717, 1.165) is 44.8 Å². The number of aryl methyl sites for hydroxylation is 1. The van der Waals surface area contributed by atoms with E-state index in [1.54, 1.807) is 6.92 Å². The van der Waals surface area contributed by atoms with Crippen LogP contribution in [0.2, 0.25) is 0 Å². The van der Waals surface area contributed by atoms with Gasteiger partial charge in [-0.05, 0) is 69.5 Å². The Morgan fingerprint density at radius 2 is 2.17 bits per heavy atom. The van der Waals surface area contributed by atoms with Gasteiger partial charge in [-0.2, -0.15) is 0 Å². The van der Waals surface area contributed by atoms with Gasteiger partial charge in [0.25, 0.3) is 0 Å². The highest BCUT2D eigenvalue weighted by molar-refractivity contribution is 7.89. The van der Waals surface area contributed by atoms with Crippen LogP contribution >= 0.6 is 0 Å². The summed E-state index contributed by atoms with van der Waals surface area (Å²) in [6.07, 6.45) is 3.75. The number of benzene rings is 1. The van der Waals surface area contributed by atoms with Crippen LogP contribution in [0.4, 0.5) is 4.39 Å².